The number of likely N-dealkylation sites (tertiary alicyclic amines) is 1. The van der Waals surface area contributed by atoms with Crippen LogP contribution in [0.5, 0.6) is 0 Å². The molecule has 1 fully saturated rings. The lowest BCUT2D eigenvalue weighted by Crippen LogP contribution is -2.42. The molecule has 1 atom stereocenters. The molecule has 1 unspecified atom stereocenters. The minimum Gasteiger partial charge on any atom is -0.385 e. The maximum atomic E-state index is 12.9. The Morgan fingerprint density at radius 2 is 1.69 bits per heavy atom. The number of aliphatic hydroxyl groups is 2. The average molecular weight is 374 g/mol. The summed E-state index contributed by atoms with van der Waals surface area (Å²) >= 11 is 5.91. The number of hydrogen-bond acceptors (Lipinski definition) is 3. The van der Waals surface area contributed by atoms with Crippen molar-refractivity contribution in [1.29, 1.82) is 0 Å². The summed E-state index contributed by atoms with van der Waals surface area (Å²) in [4.78, 5) is 2.15. The van der Waals surface area contributed by atoms with Crippen molar-refractivity contribution in [2.24, 2.45) is 0 Å². The molecule has 26 heavy (non-hydrogen) atoms. The first-order valence-corrected chi connectivity index (χ1v) is 8.97. The van der Waals surface area contributed by atoms with Crippen molar-refractivity contribution in [3.05, 3.63) is 70.5 Å². The highest BCUT2D eigenvalue weighted by atomic mass is 35.5. The Bertz CT molecular complexity index is 788. The summed E-state index contributed by atoms with van der Waals surface area (Å²) in [6, 6.07) is 13.0. The smallest absolute Gasteiger partial charge is 0.140 e. The fraction of sp³-hybridized carbons (Fsp3) is 0.333. The number of aliphatic hydroxyl groups excluding tert-OH is 1. The van der Waals surface area contributed by atoms with E-state index in [4.69, 9.17) is 11.6 Å². The second-order valence-electron chi connectivity index (χ2n) is 6.59. The molecular formula is C21H21ClFNO2. The molecule has 2 aromatic carbocycles. The van der Waals surface area contributed by atoms with E-state index in [2.05, 4.69) is 16.7 Å². The zero-order valence-corrected chi connectivity index (χ0v) is 15.1. The molecule has 0 amide bonds. The third kappa shape index (κ3) is 4.63. The van der Waals surface area contributed by atoms with Crippen LogP contribution in [0.15, 0.2) is 48.5 Å². The molecule has 1 heterocycles. The van der Waals surface area contributed by atoms with E-state index in [0.717, 1.165) is 18.7 Å². The molecule has 0 aliphatic carbocycles. The number of halogens is 2. The van der Waals surface area contributed by atoms with Crippen LogP contribution >= 0.6 is 11.6 Å². The molecule has 3 rings (SSSR count). The summed E-state index contributed by atoms with van der Waals surface area (Å²) in [6.45, 7) is 1.97. The predicted molar refractivity (Wildman–Crippen MR) is 100 cm³/mol. The summed E-state index contributed by atoms with van der Waals surface area (Å²) in [6.07, 6.45) is 0.319. The van der Waals surface area contributed by atoms with Gasteiger partial charge in [-0.25, -0.2) is 4.39 Å². The molecule has 0 aromatic heterocycles. The fourth-order valence-electron chi connectivity index (χ4n) is 3.11. The van der Waals surface area contributed by atoms with Gasteiger partial charge in [0, 0.05) is 18.1 Å². The lowest BCUT2D eigenvalue weighted by atomic mass is 9.84. The zero-order chi connectivity index (χ0) is 18.6. The van der Waals surface area contributed by atoms with Gasteiger partial charge in [0.25, 0.3) is 0 Å². The van der Waals surface area contributed by atoms with E-state index in [9.17, 15) is 14.6 Å². The van der Waals surface area contributed by atoms with Crippen molar-refractivity contribution in [3.8, 4) is 11.8 Å². The van der Waals surface area contributed by atoms with Crippen LogP contribution in [0.1, 0.15) is 30.1 Å². The highest BCUT2D eigenvalue weighted by molar-refractivity contribution is 6.30. The monoisotopic (exact) mass is 373 g/mol. The van der Waals surface area contributed by atoms with E-state index < -0.39 is 11.7 Å². The van der Waals surface area contributed by atoms with Gasteiger partial charge in [-0.05, 0) is 48.2 Å². The Morgan fingerprint density at radius 3 is 2.31 bits per heavy atom. The highest BCUT2D eigenvalue weighted by Crippen LogP contribution is 2.33. The Kier molecular flexibility index (Phi) is 5.95. The number of nitrogens with zero attached hydrogens (tertiary/aromatic N) is 1. The summed E-state index contributed by atoms with van der Waals surface area (Å²) in [7, 11) is 0. The Balaban J connectivity index is 1.53. The van der Waals surface area contributed by atoms with Gasteiger partial charge in [0.15, 0.2) is 0 Å². The third-order valence-electron chi connectivity index (χ3n) is 4.79. The minimum absolute atomic E-state index is 0.338. The maximum absolute atomic E-state index is 12.9. The fourth-order valence-corrected chi connectivity index (χ4v) is 3.24. The van der Waals surface area contributed by atoms with Crippen LogP contribution in [0.2, 0.25) is 5.02 Å². The van der Waals surface area contributed by atoms with Crippen molar-refractivity contribution < 1.29 is 14.6 Å². The first kappa shape index (κ1) is 18.9. The molecule has 0 saturated carbocycles. The molecule has 0 spiro atoms. The molecule has 0 radical (unpaired) electrons. The first-order chi connectivity index (χ1) is 12.5. The largest absolute Gasteiger partial charge is 0.385 e. The highest BCUT2D eigenvalue weighted by Gasteiger charge is 2.33. The SMILES string of the molecule is OC(C#CCN1CCC(O)(c2ccc(Cl)cc2)CC1)c1ccc(F)cc1. The molecule has 136 valence electrons. The Morgan fingerprint density at radius 1 is 1.08 bits per heavy atom. The van der Waals surface area contributed by atoms with Crippen LogP contribution in [0.25, 0.3) is 0 Å². The van der Waals surface area contributed by atoms with E-state index in [1.54, 1.807) is 12.1 Å². The topological polar surface area (TPSA) is 43.7 Å². The molecule has 1 aliphatic rings. The van der Waals surface area contributed by atoms with Gasteiger partial charge >= 0.3 is 0 Å². The van der Waals surface area contributed by atoms with Crippen molar-refractivity contribution in [2.75, 3.05) is 19.6 Å². The van der Waals surface area contributed by atoms with Crippen LogP contribution in [-0.4, -0.2) is 34.7 Å². The molecule has 2 aromatic rings. The molecule has 5 heteroatoms. The van der Waals surface area contributed by atoms with Crippen molar-refractivity contribution in [2.45, 2.75) is 24.5 Å². The molecule has 1 saturated heterocycles. The second-order valence-corrected chi connectivity index (χ2v) is 7.03. The van der Waals surface area contributed by atoms with E-state index in [-0.39, 0.29) is 5.82 Å². The quantitative estimate of drug-likeness (QED) is 0.809. The molecule has 2 N–H and O–H groups in total. The Hall–Kier alpha value is -1.90. The molecule has 0 bridgehead atoms. The van der Waals surface area contributed by atoms with Crippen LogP contribution in [-0.2, 0) is 5.60 Å². The Labute approximate surface area is 158 Å². The predicted octanol–water partition coefficient (Wildman–Crippen LogP) is 3.50. The van der Waals surface area contributed by atoms with E-state index >= 15 is 0 Å². The van der Waals surface area contributed by atoms with Gasteiger partial charge < -0.3 is 10.2 Å². The lowest BCUT2D eigenvalue weighted by molar-refractivity contribution is -0.0230. The van der Waals surface area contributed by atoms with Gasteiger partial charge in [0.05, 0.1) is 12.1 Å². The zero-order valence-electron chi connectivity index (χ0n) is 14.3. The van der Waals surface area contributed by atoms with Gasteiger partial charge in [0.2, 0.25) is 0 Å². The number of hydrogen-bond donors (Lipinski definition) is 2. The average Bonchev–Trinajstić information content (AvgIpc) is 2.64. The van der Waals surface area contributed by atoms with Gasteiger partial charge in [-0.1, -0.05) is 47.7 Å². The normalized spacial score (nSPS) is 18.0. The summed E-state index contributed by atoms with van der Waals surface area (Å²) < 4.78 is 12.9. The number of piperidine rings is 1. The van der Waals surface area contributed by atoms with Crippen LogP contribution in [0.4, 0.5) is 4.39 Å². The lowest BCUT2D eigenvalue weighted by Gasteiger charge is -2.37. The molecule has 1 aliphatic heterocycles. The van der Waals surface area contributed by atoms with Crippen LogP contribution < -0.4 is 0 Å². The van der Waals surface area contributed by atoms with Crippen molar-refractivity contribution in [1.82, 2.24) is 4.90 Å². The number of benzene rings is 2. The summed E-state index contributed by atoms with van der Waals surface area (Å²) in [5.74, 6) is 5.43. The van der Waals surface area contributed by atoms with Crippen LogP contribution in [0, 0.1) is 17.7 Å². The second kappa shape index (κ2) is 8.20. The molecular weight excluding hydrogens is 353 g/mol. The van der Waals surface area contributed by atoms with E-state index in [1.165, 1.54) is 24.3 Å². The summed E-state index contributed by atoms with van der Waals surface area (Å²) in [5, 5.41) is 21.5. The maximum Gasteiger partial charge on any atom is 0.140 e. The molecule has 3 nitrogen and oxygen atoms in total. The van der Waals surface area contributed by atoms with Gasteiger partial charge in [0.1, 0.15) is 11.9 Å². The van der Waals surface area contributed by atoms with Gasteiger partial charge in [-0.3, -0.25) is 4.90 Å². The summed E-state index contributed by atoms with van der Waals surface area (Å²) in [5.41, 5.74) is 0.635. The number of rotatable bonds is 3. The van der Waals surface area contributed by atoms with Gasteiger partial charge in [-0.15, -0.1) is 0 Å². The van der Waals surface area contributed by atoms with Crippen molar-refractivity contribution >= 4 is 11.6 Å². The van der Waals surface area contributed by atoms with Crippen LogP contribution in [0.3, 0.4) is 0 Å². The van der Waals surface area contributed by atoms with Gasteiger partial charge in [-0.2, -0.15) is 0 Å². The first-order valence-electron chi connectivity index (χ1n) is 8.59. The van der Waals surface area contributed by atoms with E-state index in [0.29, 0.717) is 30.0 Å². The van der Waals surface area contributed by atoms with Crippen molar-refractivity contribution in [3.63, 3.8) is 0 Å². The van der Waals surface area contributed by atoms with E-state index in [1.807, 2.05) is 12.1 Å². The third-order valence-corrected chi connectivity index (χ3v) is 5.04. The standard InChI is InChI=1S/C21H21ClFNO2/c22-18-7-5-17(6-8-18)21(26)11-14-24(15-12-21)13-1-2-20(25)16-3-9-19(23)10-4-16/h3-10,20,25-26H,11-15H2. The minimum atomic E-state index is -0.925.